The summed E-state index contributed by atoms with van der Waals surface area (Å²) in [4.78, 5) is 25.2. The van der Waals surface area contributed by atoms with Crippen LogP contribution in [0.1, 0.15) is 28.4 Å². The Morgan fingerprint density at radius 2 is 1.41 bits per heavy atom. The predicted octanol–water partition coefficient (Wildman–Crippen LogP) is 6.56. The minimum absolute atomic E-state index is 0.397. The zero-order chi connectivity index (χ0) is 28.4. The summed E-state index contributed by atoms with van der Waals surface area (Å²) in [7, 11) is 0. The normalized spacial score (nSPS) is 11.6. The second-order valence-electron chi connectivity index (χ2n) is 9.23. The minimum atomic E-state index is -0.765. The number of hydrogen-bond acceptors (Lipinski definition) is 6. The van der Waals surface area contributed by atoms with Crippen LogP contribution in [-0.2, 0) is 11.4 Å². The molecule has 0 heterocycles. The van der Waals surface area contributed by atoms with E-state index in [-0.39, 0.29) is 0 Å². The number of hydrazone groups is 1. The molecule has 5 rings (SSSR count). The van der Waals surface area contributed by atoms with E-state index < -0.39 is 18.0 Å². The number of hydrogen-bond donors (Lipinski definition) is 1. The van der Waals surface area contributed by atoms with Gasteiger partial charge in [-0.3, -0.25) is 4.79 Å². The Morgan fingerprint density at radius 1 is 0.756 bits per heavy atom. The van der Waals surface area contributed by atoms with E-state index in [1.165, 1.54) is 6.21 Å². The van der Waals surface area contributed by atoms with Crippen LogP contribution in [0.3, 0.4) is 0 Å². The molecule has 1 N–H and O–H groups in total. The van der Waals surface area contributed by atoms with Gasteiger partial charge in [0.25, 0.3) is 5.91 Å². The van der Waals surface area contributed by atoms with Gasteiger partial charge < -0.3 is 14.2 Å². The summed E-state index contributed by atoms with van der Waals surface area (Å²) in [5.74, 6) is 0.822. The molecule has 1 unspecified atom stereocenters. The van der Waals surface area contributed by atoms with Crippen LogP contribution < -0.4 is 19.6 Å². The van der Waals surface area contributed by atoms with Crippen LogP contribution >= 0.6 is 0 Å². The highest BCUT2D eigenvalue weighted by molar-refractivity contribution is 6.05. The number of nitrogens with zero attached hydrogens (tertiary/aromatic N) is 1. The third-order valence-electron chi connectivity index (χ3n) is 6.24. The highest BCUT2D eigenvalue weighted by atomic mass is 16.5. The first-order valence-corrected chi connectivity index (χ1v) is 13.1. The Hall–Kier alpha value is -5.43. The summed E-state index contributed by atoms with van der Waals surface area (Å²) < 4.78 is 17.1. The second kappa shape index (κ2) is 13.1. The van der Waals surface area contributed by atoms with Crippen molar-refractivity contribution in [3.8, 4) is 17.2 Å². The molecule has 7 heteroatoms. The number of nitrogens with one attached hydrogen (secondary N) is 1. The molecule has 0 bridgehead atoms. The zero-order valence-corrected chi connectivity index (χ0v) is 22.4. The van der Waals surface area contributed by atoms with Crippen molar-refractivity contribution in [3.05, 3.63) is 138 Å². The molecule has 0 spiro atoms. The van der Waals surface area contributed by atoms with Crippen molar-refractivity contribution in [1.82, 2.24) is 5.43 Å². The fraction of sp³-hybridized carbons (Fsp3) is 0.0882. The first-order valence-electron chi connectivity index (χ1n) is 13.1. The Bertz CT molecular complexity index is 1640. The fourth-order valence-electron chi connectivity index (χ4n) is 4.06. The maximum absolute atomic E-state index is 12.7. The van der Waals surface area contributed by atoms with Crippen molar-refractivity contribution in [2.75, 3.05) is 0 Å². The molecule has 7 nitrogen and oxygen atoms in total. The summed E-state index contributed by atoms with van der Waals surface area (Å²) in [5.41, 5.74) is 4.78. The van der Waals surface area contributed by atoms with Gasteiger partial charge in [0.05, 0.1) is 11.8 Å². The molecule has 0 aliphatic heterocycles. The standard InChI is InChI=1S/C34H28N2O5/c1-24(40-29-20-18-28(19-21-29)39-23-26-8-3-2-4-9-26)33(37)36-35-22-25-14-16-30(17-15-25)41-34(38)32-13-7-11-27-10-5-6-12-31(27)32/h2-22,24H,23H2,1H3,(H,36,37)/b35-22+. The van der Waals surface area contributed by atoms with E-state index in [0.717, 1.165) is 21.9 Å². The first-order chi connectivity index (χ1) is 20.0. The van der Waals surface area contributed by atoms with Crippen molar-refractivity contribution in [3.63, 3.8) is 0 Å². The molecule has 0 aliphatic carbocycles. The molecule has 204 valence electrons. The third-order valence-corrected chi connectivity index (χ3v) is 6.24. The highest BCUT2D eigenvalue weighted by Crippen LogP contribution is 2.22. The van der Waals surface area contributed by atoms with Crippen molar-refractivity contribution in [2.24, 2.45) is 5.10 Å². The van der Waals surface area contributed by atoms with Crippen LogP contribution in [-0.4, -0.2) is 24.2 Å². The summed E-state index contributed by atoms with van der Waals surface area (Å²) in [6.07, 6.45) is 0.735. The number of carbonyl (C=O) groups is 2. The van der Waals surface area contributed by atoms with Crippen LogP contribution in [0.2, 0.25) is 0 Å². The molecule has 5 aromatic carbocycles. The number of ether oxygens (including phenoxy) is 3. The summed E-state index contributed by atoms with van der Waals surface area (Å²) >= 11 is 0. The van der Waals surface area contributed by atoms with E-state index in [1.54, 1.807) is 61.5 Å². The average molecular weight is 545 g/mol. The van der Waals surface area contributed by atoms with Crippen LogP contribution in [0.5, 0.6) is 17.2 Å². The van der Waals surface area contributed by atoms with Gasteiger partial charge in [0, 0.05) is 0 Å². The number of esters is 1. The Labute approximate surface area is 238 Å². The summed E-state index contributed by atoms with van der Waals surface area (Å²) in [5, 5.41) is 5.82. The van der Waals surface area contributed by atoms with Gasteiger partial charge >= 0.3 is 5.97 Å². The molecule has 41 heavy (non-hydrogen) atoms. The summed E-state index contributed by atoms with van der Waals surface area (Å²) in [6, 6.07) is 37.0. The Kier molecular flexibility index (Phi) is 8.66. The Balaban J connectivity index is 1.08. The number of carbonyl (C=O) groups excluding carboxylic acids is 2. The van der Waals surface area contributed by atoms with E-state index in [1.807, 2.05) is 66.7 Å². The van der Waals surface area contributed by atoms with Gasteiger partial charge in [-0.2, -0.15) is 5.10 Å². The molecule has 0 aliphatic rings. The third kappa shape index (κ3) is 7.36. The SMILES string of the molecule is CC(Oc1ccc(OCc2ccccc2)cc1)C(=O)N/N=C/c1ccc(OC(=O)c2cccc3ccccc23)cc1. The second-order valence-corrected chi connectivity index (χ2v) is 9.23. The monoisotopic (exact) mass is 544 g/mol. The Morgan fingerprint density at radius 3 is 2.20 bits per heavy atom. The van der Waals surface area contributed by atoms with Gasteiger partial charge in [-0.1, -0.05) is 66.7 Å². The fourth-order valence-corrected chi connectivity index (χ4v) is 4.06. The molecule has 0 saturated heterocycles. The number of fused-ring (bicyclic) bond motifs is 1. The van der Waals surface area contributed by atoms with E-state index >= 15 is 0 Å². The lowest BCUT2D eigenvalue weighted by atomic mass is 10.0. The number of rotatable bonds is 10. The van der Waals surface area contributed by atoms with Gasteiger partial charge in [-0.05, 0) is 83.4 Å². The maximum atomic E-state index is 12.7. The van der Waals surface area contributed by atoms with E-state index in [2.05, 4.69) is 10.5 Å². The zero-order valence-electron chi connectivity index (χ0n) is 22.4. The maximum Gasteiger partial charge on any atom is 0.344 e. The van der Waals surface area contributed by atoms with Gasteiger partial charge in [0.15, 0.2) is 6.10 Å². The average Bonchev–Trinajstić information content (AvgIpc) is 3.01. The topological polar surface area (TPSA) is 86.2 Å². The van der Waals surface area contributed by atoms with Gasteiger partial charge in [-0.25, -0.2) is 10.2 Å². The molecule has 1 amide bonds. The van der Waals surface area contributed by atoms with E-state index in [0.29, 0.717) is 29.4 Å². The predicted molar refractivity (Wildman–Crippen MR) is 158 cm³/mol. The highest BCUT2D eigenvalue weighted by Gasteiger charge is 2.14. The molecular formula is C34H28N2O5. The van der Waals surface area contributed by atoms with E-state index in [4.69, 9.17) is 14.2 Å². The van der Waals surface area contributed by atoms with Crippen LogP contribution in [0.4, 0.5) is 0 Å². The quantitative estimate of drug-likeness (QED) is 0.0932. The van der Waals surface area contributed by atoms with Crippen LogP contribution in [0, 0.1) is 0 Å². The molecule has 5 aromatic rings. The molecule has 0 fully saturated rings. The molecule has 1 atom stereocenters. The lowest BCUT2D eigenvalue weighted by Gasteiger charge is -2.13. The molecule has 0 aromatic heterocycles. The van der Waals surface area contributed by atoms with Crippen molar-refractivity contribution >= 4 is 28.9 Å². The molecule has 0 saturated carbocycles. The van der Waals surface area contributed by atoms with Gasteiger partial charge in [0.2, 0.25) is 0 Å². The largest absolute Gasteiger partial charge is 0.489 e. The summed E-state index contributed by atoms with van der Waals surface area (Å²) in [6.45, 7) is 2.11. The first kappa shape index (κ1) is 27.1. The van der Waals surface area contributed by atoms with Crippen molar-refractivity contribution < 1.29 is 23.8 Å². The number of amides is 1. The van der Waals surface area contributed by atoms with E-state index in [9.17, 15) is 9.59 Å². The molecule has 0 radical (unpaired) electrons. The minimum Gasteiger partial charge on any atom is -0.489 e. The molecular weight excluding hydrogens is 516 g/mol. The van der Waals surface area contributed by atoms with Crippen molar-refractivity contribution in [1.29, 1.82) is 0 Å². The van der Waals surface area contributed by atoms with Gasteiger partial charge in [0.1, 0.15) is 23.9 Å². The lowest BCUT2D eigenvalue weighted by Crippen LogP contribution is -2.33. The van der Waals surface area contributed by atoms with Crippen LogP contribution in [0.25, 0.3) is 10.8 Å². The van der Waals surface area contributed by atoms with Crippen molar-refractivity contribution in [2.45, 2.75) is 19.6 Å². The van der Waals surface area contributed by atoms with Crippen LogP contribution in [0.15, 0.2) is 126 Å². The lowest BCUT2D eigenvalue weighted by molar-refractivity contribution is -0.127. The smallest absolute Gasteiger partial charge is 0.344 e. The number of benzene rings is 5. The van der Waals surface area contributed by atoms with Gasteiger partial charge in [-0.15, -0.1) is 0 Å².